The van der Waals surface area contributed by atoms with Gasteiger partial charge in [0, 0.05) is 13.0 Å². The van der Waals surface area contributed by atoms with Crippen LogP contribution in [0.1, 0.15) is 32.1 Å². The van der Waals surface area contributed by atoms with Crippen LogP contribution in [0.2, 0.25) is 0 Å². The van der Waals surface area contributed by atoms with E-state index in [0.717, 1.165) is 0 Å². The molecule has 0 aliphatic heterocycles. The molecule has 104 valence electrons. The maximum Gasteiger partial charge on any atom is 0.389 e. The van der Waals surface area contributed by atoms with Gasteiger partial charge in [0.15, 0.2) is 0 Å². The van der Waals surface area contributed by atoms with Crippen molar-refractivity contribution in [1.82, 2.24) is 10.6 Å². The minimum atomic E-state index is -4.18. The van der Waals surface area contributed by atoms with E-state index in [1.54, 1.807) is 0 Å². The van der Waals surface area contributed by atoms with Crippen LogP contribution in [-0.2, 0) is 4.79 Å². The van der Waals surface area contributed by atoms with E-state index in [1.807, 2.05) is 0 Å². The molecule has 0 aromatic heterocycles. The smallest absolute Gasteiger partial charge is 0.389 e. The van der Waals surface area contributed by atoms with Gasteiger partial charge in [0.25, 0.3) is 0 Å². The third-order valence-corrected chi connectivity index (χ3v) is 2.68. The fourth-order valence-electron chi connectivity index (χ4n) is 1.43. The molecule has 0 aromatic rings. The quantitative estimate of drug-likeness (QED) is 0.641. The monoisotopic (exact) mass is 268 g/mol. The van der Waals surface area contributed by atoms with E-state index in [2.05, 4.69) is 10.6 Å². The van der Waals surface area contributed by atoms with Gasteiger partial charge in [-0.15, -0.1) is 0 Å². The van der Waals surface area contributed by atoms with Crippen LogP contribution in [0.5, 0.6) is 0 Å². The Morgan fingerprint density at radius 2 is 1.83 bits per heavy atom. The minimum absolute atomic E-state index is 0.0617. The van der Waals surface area contributed by atoms with Gasteiger partial charge in [0.2, 0.25) is 0 Å². The minimum Gasteiger partial charge on any atom is -0.480 e. The summed E-state index contributed by atoms with van der Waals surface area (Å²) < 4.78 is 35.4. The molecule has 0 heterocycles. The number of urea groups is 1. The first-order valence-electron chi connectivity index (χ1n) is 5.61. The Bertz CT molecular complexity index is 327. The highest BCUT2D eigenvalue weighted by Gasteiger charge is 2.51. The molecule has 2 amide bonds. The van der Waals surface area contributed by atoms with E-state index in [1.165, 1.54) is 0 Å². The average Bonchev–Trinajstić information content (AvgIpc) is 2.96. The van der Waals surface area contributed by atoms with Gasteiger partial charge >= 0.3 is 18.2 Å². The molecule has 0 radical (unpaired) electrons. The average molecular weight is 268 g/mol. The Morgan fingerprint density at radius 1 is 1.22 bits per heavy atom. The Balaban J connectivity index is 2.10. The molecular weight excluding hydrogens is 253 g/mol. The molecule has 5 nitrogen and oxygen atoms in total. The van der Waals surface area contributed by atoms with Gasteiger partial charge in [-0.1, -0.05) is 0 Å². The Hall–Kier alpha value is -1.47. The third-order valence-electron chi connectivity index (χ3n) is 2.68. The number of carboxylic acids is 1. The van der Waals surface area contributed by atoms with Gasteiger partial charge in [0.05, 0.1) is 0 Å². The first kappa shape index (κ1) is 14.6. The van der Waals surface area contributed by atoms with Crippen molar-refractivity contribution in [2.45, 2.75) is 43.8 Å². The zero-order valence-corrected chi connectivity index (χ0v) is 9.64. The van der Waals surface area contributed by atoms with Crippen LogP contribution < -0.4 is 10.6 Å². The van der Waals surface area contributed by atoms with Crippen LogP contribution in [0.25, 0.3) is 0 Å². The van der Waals surface area contributed by atoms with E-state index in [-0.39, 0.29) is 19.4 Å². The molecule has 1 saturated carbocycles. The number of amides is 2. The molecule has 1 fully saturated rings. The number of carbonyl (C=O) groups is 2. The second-order valence-corrected chi connectivity index (χ2v) is 4.34. The highest BCUT2D eigenvalue weighted by Crippen LogP contribution is 2.35. The van der Waals surface area contributed by atoms with Crippen LogP contribution in [-0.4, -0.2) is 35.4 Å². The van der Waals surface area contributed by atoms with E-state index in [0.29, 0.717) is 12.8 Å². The van der Waals surface area contributed by atoms with Gasteiger partial charge in [-0.05, 0) is 25.7 Å². The van der Waals surface area contributed by atoms with Crippen molar-refractivity contribution in [3.63, 3.8) is 0 Å². The second-order valence-electron chi connectivity index (χ2n) is 4.34. The van der Waals surface area contributed by atoms with E-state index in [9.17, 15) is 22.8 Å². The number of rotatable bonds is 6. The van der Waals surface area contributed by atoms with Crippen molar-refractivity contribution in [2.24, 2.45) is 0 Å². The first-order valence-corrected chi connectivity index (χ1v) is 5.61. The molecule has 0 atom stereocenters. The predicted molar refractivity (Wildman–Crippen MR) is 56.0 cm³/mol. The first-order chi connectivity index (χ1) is 8.25. The molecule has 0 saturated heterocycles. The highest BCUT2D eigenvalue weighted by molar-refractivity contribution is 5.88. The maximum absolute atomic E-state index is 11.8. The molecule has 3 N–H and O–H groups in total. The summed E-state index contributed by atoms with van der Waals surface area (Å²) in [6.45, 7) is 0.0949. The molecule has 0 unspecified atom stereocenters. The normalized spacial score (nSPS) is 17.1. The summed E-state index contributed by atoms with van der Waals surface area (Å²) in [5.41, 5.74) is -1.17. The van der Waals surface area contributed by atoms with Crippen molar-refractivity contribution in [1.29, 1.82) is 0 Å². The summed E-state index contributed by atoms with van der Waals surface area (Å²) in [6.07, 6.45) is -4.16. The molecule has 1 aliphatic carbocycles. The van der Waals surface area contributed by atoms with E-state index < -0.39 is 30.1 Å². The number of carboxylic acid groups (broad SMARTS) is 1. The van der Waals surface area contributed by atoms with Crippen molar-refractivity contribution in [3.05, 3.63) is 0 Å². The molecule has 1 aliphatic rings. The lowest BCUT2D eigenvalue weighted by Gasteiger charge is -2.13. The number of alkyl halides is 3. The third kappa shape index (κ3) is 4.80. The summed E-state index contributed by atoms with van der Waals surface area (Å²) in [5.74, 6) is -1.09. The highest BCUT2D eigenvalue weighted by atomic mass is 19.4. The molecule has 0 aromatic carbocycles. The molecular formula is C10H15F3N2O3. The Kier molecular flexibility index (Phi) is 4.42. The van der Waals surface area contributed by atoms with Crippen LogP contribution in [0, 0.1) is 0 Å². The topological polar surface area (TPSA) is 78.4 Å². The summed E-state index contributed by atoms with van der Waals surface area (Å²) >= 11 is 0. The summed E-state index contributed by atoms with van der Waals surface area (Å²) in [7, 11) is 0. The standard InChI is InChI=1S/C10H15F3N2O3/c11-10(12,13)3-1-2-6-14-8(18)15-9(4-5-9)7(16)17/h1-6H2,(H,16,17)(H2,14,15,18). The molecule has 18 heavy (non-hydrogen) atoms. The molecule has 8 heteroatoms. The molecule has 0 spiro atoms. The molecule has 0 bridgehead atoms. The fraction of sp³-hybridized carbons (Fsp3) is 0.800. The van der Waals surface area contributed by atoms with Gasteiger partial charge < -0.3 is 15.7 Å². The van der Waals surface area contributed by atoms with Crippen molar-refractivity contribution < 1.29 is 27.9 Å². The number of unbranched alkanes of at least 4 members (excludes halogenated alkanes) is 1. The molecule has 1 rings (SSSR count). The van der Waals surface area contributed by atoms with Crippen molar-refractivity contribution in [3.8, 4) is 0 Å². The lowest BCUT2D eigenvalue weighted by Crippen LogP contribution is -2.48. The Labute approximate surface area is 102 Å². The van der Waals surface area contributed by atoms with E-state index in [4.69, 9.17) is 5.11 Å². The summed E-state index contributed by atoms with van der Waals surface area (Å²) in [4.78, 5) is 22.0. The SMILES string of the molecule is O=C(NCCCCC(F)(F)F)NC1(C(=O)O)CC1. The lowest BCUT2D eigenvalue weighted by atomic mass is 10.2. The fourth-order valence-corrected chi connectivity index (χ4v) is 1.43. The zero-order valence-electron chi connectivity index (χ0n) is 9.64. The lowest BCUT2D eigenvalue weighted by molar-refractivity contribution is -0.140. The van der Waals surface area contributed by atoms with Crippen LogP contribution in [0.3, 0.4) is 0 Å². The number of carbonyl (C=O) groups excluding carboxylic acids is 1. The summed E-state index contributed by atoms with van der Waals surface area (Å²) in [5, 5.41) is 13.4. The van der Waals surface area contributed by atoms with Crippen molar-refractivity contribution >= 4 is 12.0 Å². The number of hydrogen-bond donors (Lipinski definition) is 3. The zero-order chi connectivity index (χ0) is 13.8. The van der Waals surface area contributed by atoms with Gasteiger partial charge in [0.1, 0.15) is 5.54 Å². The number of hydrogen-bond acceptors (Lipinski definition) is 2. The maximum atomic E-state index is 11.8. The number of nitrogens with one attached hydrogen (secondary N) is 2. The van der Waals surface area contributed by atoms with Gasteiger partial charge in [-0.25, -0.2) is 9.59 Å². The Morgan fingerprint density at radius 3 is 2.28 bits per heavy atom. The van der Waals surface area contributed by atoms with Crippen LogP contribution in [0.15, 0.2) is 0 Å². The number of halogens is 3. The van der Waals surface area contributed by atoms with Gasteiger partial charge in [-0.3, -0.25) is 0 Å². The van der Waals surface area contributed by atoms with Crippen LogP contribution in [0.4, 0.5) is 18.0 Å². The summed E-state index contributed by atoms with van der Waals surface area (Å²) in [6, 6.07) is -0.651. The second kappa shape index (κ2) is 5.45. The number of aliphatic carboxylic acids is 1. The predicted octanol–water partition coefficient (Wildman–Crippen LogP) is 1.64. The largest absolute Gasteiger partial charge is 0.480 e. The van der Waals surface area contributed by atoms with Crippen LogP contribution >= 0.6 is 0 Å². The van der Waals surface area contributed by atoms with Crippen molar-refractivity contribution in [2.75, 3.05) is 6.54 Å². The van der Waals surface area contributed by atoms with E-state index >= 15 is 0 Å². The van der Waals surface area contributed by atoms with Gasteiger partial charge in [-0.2, -0.15) is 13.2 Å².